The largest absolute Gasteiger partial charge is 1.00 e. The second kappa shape index (κ2) is 6.01. The van der Waals surface area contributed by atoms with Gasteiger partial charge < -0.3 is 1.43 Å². The van der Waals surface area contributed by atoms with E-state index in [1.807, 2.05) is 0 Å². The third kappa shape index (κ3) is 3.43. The van der Waals surface area contributed by atoms with Crippen molar-refractivity contribution in [2.24, 2.45) is 0 Å². The number of fused-ring (bicyclic) bond motifs is 1. The van der Waals surface area contributed by atoms with E-state index in [0.717, 1.165) is 0 Å². The van der Waals surface area contributed by atoms with Crippen molar-refractivity contribution in [2.75, 3.05) is 0 Å². The second-order valence-corrected chi connectivity index (χ2v) is 3.81. The Balaban J connectivity index is 0. The van der Waals surface area contributed by atoms with Gasteiger partial charge in [0.15, 0.2) is 0 Å². The van der Waals surface area contributed by atoms with Crippen molar-refractivity contribution in [3.63, 3.8) is 0 Å². The molecule has 0 saturated heterocycles. The molecule has 1 radical (unpaired) electrons. The minimum atomic E-state index is -4.22. The molecule has 0 spiro atoms. The van der Waals surface area contributed by atoms with E-state index in [1.165, 1.54) is 12.1 Å². The predicted octanol–water partition coefficient (Wildman–Crippen LogP) is -2.68. The van der Waals surface area contributed by atoms with Gasteiger partial charge >= 0.3 is 51.4 Å². The van der Waals surface area contributed by atoms with Crippen LogP contribution in [0, 0.1) is 0 Å². The molecule has 0 fully saturated rings. The fraction of sp³-hybridized carbons (Fsp3) is 0. The number of H-pyrrole nitrogens is 1. The topological polar surface area (TPSA) is 95.9 Å². The molecule has 0 aliphatic rings. The molecule has 1 aromatic carbocycles. The first-order chi connectivity index (χ1) is 6.09. The van der Waals surface area contributed by atoms with Gasteiger partial charge in [-0.3, -0.25) is 4.55 Å². The van der Waals surface area contributed by atoms with E-state index in [2.05, 4.69) is 15.4 Å². The number of benzene rings is 1. The molecule has 0 aliphatic heterocycles. The van der Waals surface area contributed by atoms with Crippen LogP contribution in [-0.2, 0) is 32.5 Å². The van der Waals surface area contributed by atoms with Crippen molar-refractivity contribution >= 4 is 21.2 Å². The molecule has 81 valence electrons. The fourth-order valence-electron chi connectivity index (χ4n) is 1.05. The van der Waals surface area contributed by atoms with E-state index in [0.29, 0.717) is 5.52 Å². The summed E-state index contributed by atoms with van der Waals surface area (Å²) in [5.41, 5.74) is 0.542. The molecule has 0 amide bonds. The molecular weight excluding hydrogens is 341 g/mol. The van der Waals surface area contributed by atoms with E-state index >= 15 is 0 Å². The van der Waals surface area contributed by atoms with Crippen molar-refractivity contribution in [3.05, 3.63) is 18.2 Å². The van der Waals surface area contributed by atoms with E-state index in [9.17, 15) is 8.42 Å². The number of nitrogens with one attached hydrogen (secondary N) is 1. The third-order valence-corrected chi connectivity index (χ3v) is 2.47. The van der Waals surface area contributed by atoms with Crippen LogP contribution in [0.3, 0.4) is 0 Å². The first-order valence-corrected chi connectivity index (χ1v) is 4.80. The summed E-state index contributed by atoms with van der Waals surface area (Å²) in [5, 5.41) is 9.57. The van der Waals surface area contributed by atoms with Crippen LogP contribution in [0.4, 0.5) is 0 Å². The van der Waals surface area contributed by atoms with Crippen LogP contribution in [0.5, 0.6) is 0 Å². The molecule has 6 nitrogen and oxygen atoms in total. The number of para-hydroxylation sites is 1. The summed E-state index contributed by atoms with van der Waals surface area (Å²) < 4.78 is 30.4. The predicted molar refractivity (Wildman–Crippen MR) is 44.8 cm³/mol. The molecule has 1 aromatic heterocycles. The Morgan fingerprint density at radius 1 is 1.33 bits per heavy atom. The van der Waals surface area contributed by atoms with Crippen LogP contribution < -0.4 is 51.4 Å². The van der Waals surface area contributed by atoms with Crippen LogP contribution in [0.25, 0.3) is 11.0 Å². The zero-order valence-corrected chi connectivity index (χ0v) is 13.0. The zero-order valence-electron chi connectivity index (χ0n) is 8.60. The normalized spacial score (nSPS) is 10.5. The van der Waals surface area contributed by atoms with E-state index < -0.39 is 10.1 Å². The Labute approximate surface area is 145 Å². The summed E-state index contributed by atoms with van der Waals surface area (Å²) in [5.74, 6) is 0. The average Bonchev–Trinajstić information content (AvgIpc) is 2.48. The van der Waals surface area contributed by atoms with Crippen LogP contribution in [0.15, 0.2) is 23.1 Å². The van der Waals surface area contributed by atoms with Gasteiger partial charge in [-0.1, -0.05) is 6.07 Å². The van der Waals surface area contributed by atoms with Gasteiger partial charge in [0.1, 0.15) is 15.9 Å². The molecule has 0 unspecified atom stereocenters. The Hall–Kier alpha value is 0.907. The van der Waals surface area contributed by atoms with E-state index in [4.69, 9.17) is 4.55 Å². The number of hydrogen-bond acceptors (Lipinski definition) is 4. The van der Waals surface area contributed by atoms with Crippen LogP contribution in [0.1, 0.15) is 1.43 Å². The van der Waals surface area contributed by atoms with Crippen LogP contribution in [-0.4, -0.2) is 28.4 Å². The molecule has 0 bridgehead atoms. The van der Waals surface area contributed by atoms with Gasteiger partial charge in [-0.05, 0) is 12.1 Å². The number of aromatic nitrogens is 3. The zero-order chi connectivity index (χ0) is 9.47. The summed E-state index contributed by atoms with van der Waals surface area (Å²) >= 11 is 0. The number of rotatable bonds is 1. The molecule has 0 aliphatic carbocycles. The summed E-state index contributed by atoms with van der Waals surface area (Å²) in [6, 6.07) is 4.33. The monoisotopic (exact) mass is 346 g/mol. The summed E-state index contributed by atoms with van der Waals surface area (Å²) in [6.07, 6.45) is 0. The van der Waals surface area contributed by atoms with E-state index in [-0.39, 0.29) is 85.6 Å². The van der Waals surface area contributed by atoms with Crippen molar-refractivity contribution in [1.82, 2.24) is 15.4 Å². The number of nitrogens with zero attached hydrogens (tertiary/aromatic N) is 2. The van der Waals surface area contributed by atoms with Gasteiger partial charge in [-0.25, -0.2) is 0 Å². The molecule has 1 heterocycles. The van der Waals surface area contributed by atoms with Crippen LogP contribution in [0.2, 0.25) is 0 Å². The molecule has 15 heavy (non-hydrogen) atoms. The average molecular weight is 347 g/mol. The minimum absolute atomic E-state index is 0. The molecule has 0 atom stereocenters. The van der Waals surface area contributed by atoms with Crippen molar-refractivity contribution in [2.45, 2.75) is 4.90 Å². The molecule has 9 heteroatoms. The second-order valence-electron chi connectivity index (χ2n) is 2.42. The first-order valence-electron chi connectivity index (χ1n) is 3.36. The number of hydrogen-bond donors (Lipinski definition) is 2. The quantitative estimate of drug-likeness (QED) is 0.433. The van der Waals surface area contributed by atoms with Crippen molar-refractivity contribution in [3.8, 4) is 0 Å². The Morgan fingerprint density at radius 3 is 2.60 bits per heavy atom. The maximum atomic E-state index is 10.8. The van der Waals surface area contributed by atoms with Crippen molar-refractivity contribution in [1.29, 1.82) is 0 Å². The van der Waals surface area contributed by atoms with E-state index in [1.54, 1.807) is 6.07 Å². The third-order valence-electron chi connectivity index (χ3n) is 1.59. The Kier molecular flexibility index (Phi) is 6.37. The maximum Gasteiger partial charge on any atom is 1.00 e. The maximum absolute atomic E-state index is 10.8. The molecule has 2 N–H and O–H groups in total. The SMILES string of the molecule is O=S(=O)(O)c1cccc2n[nH]nc12.[Ag].[H-].[K+]. The summed E-state index contributed by atoms with van der Waals surface area (Å²) in [7, 11) is -4.22. The van der Waals surface area contributed by atoms with Gasteiger partial charge in [-0.15, -0.1) is 0 Å². The van der Waals surface area contributed by atoms with Gasteiger partial charge in [0.2, 0.25) is 0 Å². The molecule has 0 saturated carbocycles. The summed E-state index contributed by atoms with van der Waals surface area (Å²) in [6.45, 7) is 0. The molecule has 2 rings (SSSR count). The number of aromatic amines is 1. The Bertz CT molecular complexity index is 561. The minimum Gasteiger partial charge on any atom is -1.00 e. The molecular formula is C6H6AgKN3O3S. The van der Waals surface area contributed by atoms with Gasteiger partial charge in [0.05, 0.1) is 0 Å². The first kappa shape index (κ1) is 15.9. The fourth-order valence-corrected chi connectivity index (χ4v) is 1.70. The summed E-state index contributed by atoms with van der Waals surface area (Å²) in [4.78, 5) is -0.237. The van der Waals surface area contributed by atoms with Gasteiger partial charge in [-0.2, -0.15) is 23.8 Å². The van der Waals surface area contributed by atoms with Gasteiger partial charge in [0, 0.05) is 22.4 Å². The smallest absolute Gasteiger partial charge is 1.00 e. The molecule has 2 aromatic rings. The van der Waals surface area contributed by atoms with Crippen molar-refractivity contribution < 1.29 is 88.2 Å². The standard InChI is InChI=1S/C6H5N3O3S.Ag.K.H/c10-13(11,12)5-3-1-2-4-6(5)8-9-7-4;;;/h1-3H,(H,7,8,9)(H,10,11,12);;;/q;;+1;-1. The van der Waals surface area contributed by atoms with Gasteiger partial charge in [0.25, 0.3) is 10.1 Å². The Morgan fingerprint density at radius 2 is 2.00 bits per heavy atom. The van der Waals surface area contributed by atoms with Crippen LogP contribution >= 0.6 is 0 Å².